The molecular formula is C18H29ClN2. The van der Waals surface area contributed by atoms with Crippen LogP contribution in [0.5, 0.6) is 0 Å². The van der Waals surface area contributed by atoms with E-state index in [1.165, 1.54) is 31.4 Å². The summed E-state index contributed by atoms with van der Waals surface area (Å²) in [6.07, 6.45) is 5.41. The van der Waals surface area contributed by atoms with E-state index < -0.39 is 0 Å². The summed E-state index contributed by atoms with van der Waals surface area (Å²) in [7, 11) is 0. The van der Waals surface area contributed by atoms with E-state index in [0.29, 0.717) is 6.04 Å². The zero-order chi connectivity index (χ0) is 15.1. The molecule has 21 heavy (non-hydrogen) atoms. The number of nitrogens with zero attached hydrogens (tertiary/aromatic N) is 1. The van der Waals surface area contributed by atoms with Gasteiger partial charge in [0.1, 0.15) is 0 Å². The number of halogens is 1. The summed E-state index contributed by atoms with van der Waals surface area (Å²) >= 11 is 6.37. The Morgan fingerprint density at radius 3 is 2.62 bits per heavy atom. The Morgan fingerprint density at radius 1 is 1.29 bits per heavy atom. The van der Waals surface area contributed by atoms with Crippen molar-refractivity contribution in [2.75, 3.05) is 26.2 Å². The fourth-order valence-corrected chi connectivity index (χ4v) is 3.37. The topological polar surface area (TPSA) is 15.3 Å². The highest BCUT2D eigenvalue weighted by Gasteiger charge is 2.21. The minimum absolute atomic E-state index is 0.360. The highest BCUT2D eigenvalue weighted by atomic mass is 35.5. The van der Waals surface area contributed by atoms with Gasteiger partial charge in [-0.2, -0.15) is 0 Å². The first-order valence-corrected chi connectivity index (χ1v) is 8.82. The Kier molecular flexibility index (Phi) is 7.01. The molecule has 0 spiro atoms. The summed E-state index contributed by atoms with van der Waals surface area (Å²) in [5.41, 5.74) is 1.24. The maximum Gasteiger partial charge on any atom is 0.0453 e. The van der Waals surface area contributed by atoms with Gasteiger partial charge in [0, 0.05) is 17.6 Å². The molecule has 0 bridgehead atoms. The Bertz CT molecular complexity index is 417. The summed E-state index contributed by atoms with van der Waals surface area (Å²) in [5.74, 6) is 0.947. The summed E-state index contributed by atoms with van der Waals surface area (Å²) in [5, 5.41) is 4.47. The first-order chi connectivity index (χ1) is 10.2. The standard InChI is InChI=1S/C18H29ClN2/c1-3-20-18(16-10-5-6-11-17(16)19)12-13-21(4-2)14-15-8-7-9-15/h5-6,10-11,15,18,20H,3-4,7-9,12-14H2,1-2H3. The Balaban J connectivity index is 1.90. The van der Waals surface area contributed by atoms with Crippen LogP contribution in [0.15, 0.2) is 24.3 Å². The van der Waals surface area contributed by atoms with Gasteiger partial charge in [-0.1, -0.05) is 50.1 Å². The first kappa shape index (κ1) is 16.8. The largest absolute Gasteiger partial charge is 0.310 e. The number of rotatable bonds is 9. The van der Waals surface area contributed by atoms with E-state index in [0.717, 1.165) is 37.0 Å². The lowest BCUT2D eigenvalue weighted by Gasteiger charge is -2.32. The van der Waals surface area contributed by atoms with E-state index in [1.807, 2.05) is 12.1 Å². The van der Waals surface area contributed by atoms with E-state index in [-0.39, 0.29) is 0 Å². The molecule has 2 nitrogen and oxygen atoms in total. The van der Waals surface area contributed by atoms with Crippen LogP contribution in [0, 0.1) is 5.92 Å². The Hall–Kier alpha value is -0.570. The first-order valence-electron chi connectivity index (χ1n) is 8.44. The quantitative estimate of drug-likeness (QED) is 0.722. The molecule has 1 unspecified atom stereocenters. The van der Waals surface area contributed by atoms with Crippen molar-refractivity contribution >= 4 is 11.6 Å². The molecule has 1 fully saturated rings. The molecule has 0 amide bonds. The third-order valence-electron chi connectivity index (χ3n) is 4.65. The molecule has 1 aliphatic rings. The van der Waals surface area contributed by atoms with Crippen LogP contribution in [-0.2, 0) is 0 Å². The van der Waals surface area contributed by atoms with Gasteiger partial charge in [-0.15, -0.1) is 0 Å². The van der Waals surface area contributed by atoms with Crippen molar-refractivity contribution in [3.8, 4) is 0 Å². The zero-order valence-corrected chi connectivity index (χ0v) is 14.2. The fraction of sp³-hybridized carbons (Fsp3) is 0.667. The average molecular weight is 309 g/mol. The third-order valence-corrected chi connectivity index (χ3v) is 5.00. The van der Waals surface area contributed by atoms with Gasteiger partial charge in [0.25, 0.3) is 0 Å². The van der Waals surface area contributed by atoms with Crippen molar-refractivity contribution in [2.45, 2.75) is 45.6 Å². The molecule has 0 aliphatic heterocycles. The molecule has 118 valence electrons. The number of nitrogens with one attached hydrogen (secondary N) is 1. The SMILES string of the molecule is CCNC(CCN(CC)CC1CCC1)c1ccccc1Cl. The lowest BCUT2D eigenvalue weighted by Crippen LogP contribution is -2.35. The van der Waals surface area contributed by atoms with E-state index in [9.17, 15) is 0 Å². The van der Waals surface area contributed by atoms with E-state index in [4.69, 9.17) is 11.6 Å². The van der Waals surface area contributed by atoms with Gasteiger partial charge >= 0.3 is 0 Å². The second kappa shape index (κ2) is 8.77. The molecule has 1 aromatic rings. The molecule has 0 saturated heterocycles. The Morgan fingerprint density at radius 2 is 2.05 bits per heavy atom. The van der Waals surface area contributed by atoms with Crippen molar-refractivity contribution in [1.29, 1.82) is 0 Å². The molecule has 3 heteroatoms. The molecule has 1 N–H and O–H groups in total. The average Bonchev–Trinajstić information content (AvgIpc) is 2.45. The minimum Gasteiger partial charge on any atom is -0.310 e. The van der Waals surface area contributed by atoms with Crippen molar-refractivity contribution in [3.05, 3.63) is 34.9 Å². The molecule has 1 aliphatic carbocycles. The molecule has 0 aromatic heterocycles. The third kappa shape index (κ3) is 4.98. The number of hydrogen-bond donors (Lipinski definition) is 1. The second-order valence-electron chi connectivity index (χ2n) is 6.11. The Labute approximate surface area is 134 Å². The van der Waals surface area contributed by atoms with Gasteiger partial charge in [-0.3, -0.25) is 0 Å². The maximum absolute atomic E-state index is 6.37. The van der Waals surface area contributed by atoms with E-state index >= 15 is 0 Å². The van der Waals surface area contributed by atoms with Crippen LogP contribution in [-0.4, -0.2) is 31.1 Å². The predicted octanol–water partition coefficient (Wildman–Crippen LogP) is 4.50. The van der Waals surface area contributed by atoms with Crippen LogP contribution in [0.4, 0.5) is 0 Å². The van der Waals surface area contributed by atoms with Gasteiger partial charge in [0.2, 0.25) is 0 Å². The summed E-state index contributed by atoms with van der Waals surface area (Å²) in [6, 6.07) is 8.59. The molecule has 1 aromatic carbocycles. The van der Waals surface area contributed by atoms with Gasteiger partial charge < -0.3 is 10.2 Å². The highest BCUT2D eigenvalue weighted by molar-refractivity contribution is 6.31. The molecule has 1 atom stereocenters. The summed E-state index contributed by atoms with van der Waals surface area (Å²) in [4.78, 5) is 2.60. The van der Waals surface area contributed by atoms with Crippen molar-refractivity contribution in [3.63, 3.8) is 0 Å². The van der Waals surface area contributed by atoms with Crippen molar-refractivity contribution in [1.82, 2.24) is 10.2 Å². The van der Waals surface area contributed by atoms with Crippen LogP contribution in [0.2, 0.25) is 5.02 Å². The van der Waals surface area contributed by atoms with E-state index in [2.05, 4.69) is 36.2 Å². The molecule has 0 radical (unpaired) electrons. The van der Waals surface area contributed by atoms with E-state index in [1.54, 1.807) is 0 Å². The zero-order valence-electron chi connectivity index (χ0n) is 13.4. The lowest BCUT2D eigenvalue weighted by atomic mass is 9.85. The number of benzene rings is 1. The van der Waals surface area contributed by atoms with Gasteiger partial charge in [-0.05, 0) is 56.4 Å². The summed E-state index contributed by atoms with van der Waals surface area (Å²) < 4.78 is 0. The van der Waals surface area contributed by atoms with Crippen LogP contribution in [0.3, 0.4) is 0 Å². The molecule has 0 heterocycles. The molecular weight excluding hydrogens is 280 g/mol. The molecule has 1 saturated carbocycles. The smallest absolute Gasteiger partial charge is 0.0453 e. The van der Waals surface area contributed by atoms with Gasteiger partial charge in [0.15, 0.2) is 0 Å². The fourth-order valence-electron chi connectivity index (χ4n) is 3.10. The predicted molar refractivity (Wildman–Crippen MR) is 91.9 cm³/mol. The van der Waals surface area contributed by atoms with Crippen LogP contribution in [0.1, 0.15) is 51.1 Å². The second-order valence-corrected chi connectivity index (χ2v) is 6.52. The lowest BCUT2D eigenvalue weighted by molar-refractivity contribution is 0.177. The number of hydrogen-bond acceptors (Lipinski definition) is 2. The van der Waals surface area contributed by atoms with Crippen LogP contribution in [0.25, 0.3) is 0 Å². The van der Waals surface area contributed by atoms with Gasteiger partial charge in [0.05, 0.1) is 0 Å². The molecule has 2 rings (SSSR count). The van der Waals surface area contributed by atoms with Crippen LogP contribution < -0.4 is 5.32 Å². The van der Waals surface area contributed by atoms with Gasteiger partial charge in [-0.25, -0.2) is 0 Å². The van der Waals surface area contributed by atoms with Crippen LogP contribution >= 0.6 is 11.6 Å². The monoisotopic (exact) mass is 308 g/mol. The highest BCUT2D eigenvalue weighted by Crippen LogP contribution is 2.28. The van der Waals surface area contributed by atoms with Crippen molar-refractivity contribution < 1.29 is 0 Å². The minimum atomic E-state index is 0.360. The van der Waals surface area contributed by atoms with Crippen molar-refractivity contribution in [2.24, 2.45) is 5.92 Å². The summed E-state index contributed by atoms with van der Waals surface area (Å²) in [6.45, 7) is 8.99. The normalized spacial score (nSPS) is 17.0. The maximum atomic E-state index is 6.37.